The van der Waals surface area contributed by atoms with E-state index in [4.69, 9.17) is 5.73 Å². The molecule has 1 unspecified atom stereocenters. The van der Waals surface area contributed by atoms with Crippen LogP contribution in [0.25, 0.3) is 0 Å². The van der Waals surface area contributed by atoms with E-state index in [9.17, 15) is 18.7 Å². The summed E-state index contributed by atoms with van der Waals surface area (Å²) in [4.78, 5) is 19.1. The van der Waals surface area contributed by atoms with Crippen molar-refractivity contribution >= 4 is 33.9 Å². The molecule has 2 aromatic rings. The molecular weight excluding hydrogens is 460 g/mol. The van der Waals surface area contributed by atoms with Crippen molar-refractivity contribution in [3.8, 4) is 0 Å². The van der Waals surface area contributed by atoms with E-state index < -0.39 is 23.3 Å². The fraction of sp³-hybridized carbons (Fsp3) is 0.333. The van der Waals surface area contributed by atoms with E-state index in [1.165, 1.54) is 0 Å². The van der Waals surface area contributed by atoms with Crippen LogP contribution in [0.15, 0.2) is 59.0 Å². The van der Waals surface area contributed by atoms with Gasteiger partial charge in [-0.05, 0) is 55.9 Å². The molecule has 34 heavy (non-hydrogen) atoms. The molecule has 7 nitrogen and oxygen atoms in total. The molecule has 2 atom stereocenters. The molecule has 4 rings (SSSR count). The summed E-state index contributed by atoms with van der Waals surface area (Å²) in [7, 11) is 0. The summed E-state index contributed by atoms with van der Waals surface area (Å²) in [6, 6.07) is 7.20. The Morgan fingerprint density at radius 3 is 2.85 bits per heavy atom. The molecule has 0 bridgehead atoms. The predicted octanol–water partition coefficient (Wildman–Crippen LogP) is 4.12. The van der Waals surface area contributed by atoms with Crippen LogP contribution in [0.1, 0.15) is 41.1 Å². The first-order chi connectivity index (χ1) is 16.4. The Morgan fingerprint density at radius 2 is 2.15 bits per heavy atom. The van der Waals surface area contributed by atoms with Crippen LogP contribution in [0.3, 0.4) is 0 Å². The summed E-state index contributed by atoms with van der Waals surface area (Å²) in [5.74, 6) is -2.18. The van der Waals surface area contributed by atoms with Crippen molar-refractivity contribution in [2.75, 3.05) is 30.7 Å². The van der Waals surface area contributed by atoms with Crippen molar-refractivity contribution in [2.24, 2.45) is 0 Å². The Labute approximate surface area is 200 Å². The van der Waals surface area contributed by atoms with Crippen LogP contribution in [0.5, 0.6) is 0 Å². The number of aromatic nitrogens is 1. The minimum atomic E-state index is -1.63. The van der Waals surface area contributed by atoms with Crippen molar-refractivity contribution in [3.05, 3.63) is 69.5 Å². The smallest absolute Gasteiger partial charge is 0.251 e. The normalized spacial score (nSPS) is 18.8. The van der Waals surface area contributed by atoms with E-state index in [0.717, 1.165) is 43.3 Å². The van der Waals surface area contributed by atoms with Gasteiger partial charge in [0.25, 0.3) is 5.91 Å². The largest absolute Gasteiger partial charge is 0.383 e. The maximum absolute atomic E-state index is 14.0. The molecule has 0 spiro atoms. The highest BCUT2D eigenvalue weighted by atomic mass is 32.1. The van der Waals surface area contributed by atoms with Crippen LogP contribution in [-0.2, 0) is 0 Å². The lowest BCUT2D eigenvalue weighted by Crippen LogP contribution is -2.40. The number of carbonyl (C=O) groups is 1. The molecule has 10 heteroatoms. The Balaban J connectivity index is 1.39. The van der Waals surface area contributed by atoms with Crippen molar-refractivity contribution < 1.29 is 18.7 Å². The Kier molecular flexibility index (Phi) is 7.26. The molecule has 1 saturated heterocycles. The van der Waals surface area contributed by atoms with Crippen LogP contribution < -0.4 is 16.4 Å². The molecular formula is C24H25F2N5O2S. The van der Waals surface area contributed by atoms with Gasteiger partial charge in [-0.3, -0.25) is 9.69 Å². The van der Waals surface area contributed by atoms with E-state index >= 15 is 0 Å². The van der Waals surface area contributed by atoms with Gasteiger partial charge in [0.15, 0.2) is 11.0 Å². The van der Waals surface area contributed by atoms with Crippen molar-refractivity contribution in [2.45, 2.75) is 31.9 Å². The second-order valence-electron chi connectivity index (χ2n) is 8.00. The number of thiazole rings is 1. The van der Waals surface area contributed by atoms with Gasteiger partial charge in [0.2, 0.25) is 0 Å². The molecule has 1 fully saturated rings. The molecule has 1 aliphatic heterocycles. The monoisotopic (exact) mass is 485 g/mol. The van der Waals surface area contributed by atoms with Crippen molar-refractivity contribution in [1.82, 2.24) is 15.2 Å². The first-order valence-electron chi connectivity index (χ1n) is 11.0. The lowest BCUT2D eigenvalue weighted by molar-refractivity contribution is 0.0941. The second-order valence-corrected chi connectivity index (χ2v) is 9.03. The number of allylic oxidation sites excluding steroid dienone is 2. The summed E-state index contributed by atoms with van der Waals surface area (Å²) in [5, 5.41) is 16.8. The van der Waals surface area contributed by atoms with E-state index in [0.29, 0.717) is 29.0 Å². The highest BCUT2D eigenvalue weighted by molar-refractivity contribution is 7.16. The maximum Gasteiger partial charge on any atom is 0.251 e. The number of nitrogens with one attached hydrogen (secondary N) is 2. The second kappa shape index (κ2) is 10.3. The topological polar surface area (TPSA) is 104 Å². The zero-order valence-corrected chi connectivity index (χ0v) is 19.4. The summed E-state index contributed by atoms with van der Waals surface area (Å²) in [6.45, 7) is 4.80. The standard InChI is InChI=1S/C24H25F2N5O2S/c1-2-31-12-4-5-16(31)13-28-23(33)14-8-10-15(11-9-14)29-24-30-22(27)21(34-24)20(32)19-17(25)6-3-7-18(19)26/h6,8-11,16,20,32H,2,4-5,12-13,27H2,1H3,(H,28,33)(H,29,30)/t16-,20?/m0/s1. The van der Waals surface area contributed by atoms with Crippen LogP contribution in [0.2, 0.25) is 0 Å². The van der Waals surface area contributed by atoms with Gasteiger partial charge in [0.1, 0.15) is 17.7 Å². The number of anilines is 3. The molecule has 1 aromatic heterocycles. The fourth-order valence-electron chi connectivity index (χ4n) is 4.07. The van der Waals surface area contributed by atoms with Gasteiger partial charge in [-0.1, -0.05) is 24.0 Å². The molecule has 2 heterocycles. The summed E-state index contributed by atoms with van der Waals surface area (Å²) in [5.41, 5.74) is 10.8. The molecule has 178 valence electrons. The van der Waals surface area contributed by atoms with Crippen LogP contribution in [0.4, 0.5) is 25.4 Å². The number of halogens is 2. The number of nitrogen functional groups attached to an aromatic ring is 1. The number of hydrogen-bond donors (Lipinski definition) is 4. The van der Waals surface area contributed by atoms with Crippen LogP contribution in [0, 0.1) is 0 Å². The lowest BCUT2D eigenvalue weighted by Gasteiger charge is -2.22. The number of carbonyl (C=O) groups excluding carboxylic acids is 1. The Bertz CT molecular complexity index is 1210. The van der Waals surface area contributed by atoms with Crippen molar-refractivity contribution in [1.29, 1.82) is 0 Å². The van der Waals surface area contributed by atoms with Crippen molar-refractivity contribution in [3.63, 3.8) is 0 Å². The third kappa shape index (κ3) is 5.12. The van der Waals surface area contributed by atoms with Gasteiger partial charge in [-0.25, -0.2) is 9.37 Å². The average molecular weight is 486 g/mol. The third-order valence-corrected chi connectivity index (χ3v) is 6.92. The number of likely N-dealkylation sites (tertiary alicyclic amines) is 1. The van der Waals surface area contributed by atoms with E-state index in [1.807, 2.05) is 0 Å². The minimum absolute atomic E-state index is 0.0457. The number of hydrogen-bond acceptors (Lipinski definition) is 7. The van der Waals surface area contributed by atoms with Gasteiger partial charge in [-0.15, -0.1) is 0 Å². The number of aliphatic hydroxyl groups is 1. The minimum Gasteiger partial charge on any atom is -0.383 e. The summed E-state index contributed by atoms with van der Waals surface area (Å²) < 4.78 is 28.0. The van der Waals surface area contributed by atoms with E-state index in [-0.39, 0.29) is 16.6 Å². The number of likely N-dealkylation sites (N-methyl/N-ethyl adjacent to an activating group) is 1. The van der Waals surface area contributed by atoms with Crippen LogP contribution in [-0.4, -0.2) is 46.6 Å². The van der Waals surface area contributed by atoms with Gasteiger partial charge < -0.3 is 21.5 Å². The first kappa shape index (κ1) is 23.9. The number of aliphatic hydroxyl groups excluding tert-OH is 1. The summed E-state index contributed by atoms with van der Waals surface area (Å²) in [6.07, 6.45) is 1.50. The number of nitrogens with two attached hydrogens (primary N) is 1. The highest BCUT2D eigenvalue weighted by Gasteiger charge is 2.27. The molecule has 1 amide bonds. The number of amides is 1. The molecule has 5 N–H and O–H groups in total. The molecule has 0 radical (unpaired) electrons. The number of benzene rings is 1. The Morgan fingerprint density at radius 1 is 1.38 bits per heavy atom. The quantitative estimate of drug-likeness (QED) is 0.420. The molecule has 1 aliphatic carbocycles. The molecule has 1 aromatic carbocycles. The van der Waals surface area contributed by atoms with Gasteiger partial charge in [-0.2, -0.15) is 4.39 Å². The van der Waals surface area contributed by atoms with E-state index in [1.54, 1.807) is 24.3 Å². The van der Waals surface area contributed by atoms with Gasteiger partial charge in [0.05, 0.1) is 10.5 Å². The number of rotatable bonds is 8. The zero-order chi connectivity index (χ0) is 24.2. The van der Waals surface area contributed by atoms with Gasteiger partial charge >= 0.3 is 0 Å². The molecule has 0 saturated carbocycles. The lowest BCUT2D eigenvalue weighted by atomic mass is 10.0. The zero-order valence-electron chi connectivity index (χ0n) is 18.6. The van der Waals surface area contributed by atoms with E-state index in [2.05, 4.69) is 38.9 Å². The Hall–Kier alpha value is -3.26. The SMILES string of the molecule is CCN1CCC[C@H]1CNC(=O)c1ccc(Nc2nc(N)c(C(O)C3=C(F)C=C=C=C3F)s2)cc1. The number of nitrogens with zero attached hydrogens (tertiary/aromatic N) is 2. The highest BCUT2D eigenvalue weighted by Crippen LogP contribution is 2.40. The first-order valence-corrected chi connectivity index (χ1v) is 11.8. The molecule has 2 aliphatic rings. The maximum atomic E-state index is 14.0. The average Bonchev–Trinajstić information content (AvgIpc) is 3.43. The van der Waals surface area contributed by atoms with Gasteiger partial charge in [0, 0.05) is 29.9 Å². The third-order valence-electron chi connectivity index (χ3n) is 5.88. The van der Waals surface area contributed by atoms with Crippen LogP contribution >= 0.6 is 11.3 Å². The predicted molar refractivity (Wildman–Crippen MR) is 128 cm³/mol. The fourth-order valence-corrected chi connectivity index (χ4v) is 4.97. The summed E-state index contributed by atoms with van der Waals surface area (Å²) >= 11 is 0.971.